The van der Waals surface area contributed by atoms with E-state index in [1.807, 2.05) is 6.92 Å². The lowest BCUT2D eigenvalue weighted by molar-refractivity contribution is -0.107. The van der Waals surface area contributed by atoms with Gasteiger partial charge in [-0.2, -0.15) is 0 Å². The van der Waals surface area contributed by atoms with E-state index in [0.717, 1.165) is 19.1 Å². The Kier molecular flexibility index (Phi) is 20.0. The molecule has 0 bridgehead atoms. The first-order valence-corrected chi connectivity index (χ1v) is 6.72. The Morgan fingerprint density at radius 2 is 1.41 bits per heavy atom. The summed E-state index contributed by atoms with van der Waals surface area (Å²) in [7, 11) is 3.21. The zero-order valence-corrected chi connectivity index (χ0v) is 12.0. The fourth-order valence-electron chi connectivity index (χ4n) is 1.28. The van der Waals surface area contributed by atoms with Gasteiger partial charge in [-0.3, -0.25) is 0 Å². The van der Waals surface area contributed by atoms with Crippen LogP contribution >= 0.6 is 0 Å². The number of carbonyl (C=O) groups is 1. The molecule has 0 saturated carbocycles. The van der Waals surface area contributed by atoms with Crippen molar-refractivity contribution in [3.05, 3.63) is 0 Å². The van der Waals surface area contributed by atoms with Crippen LogP contribution in [0.25, 0.3) is 0 Å². The molecule has 0 aliphatic carbocycles. The Labute approximate surface area is 107 Å². The molecule has 0 heterocycles. The van der Waals surface area contributed by atoms with Gasteiger partial charge in [-0.1, -0.05) is 45.4 Å². The van der Waals surface area contributed by atoms with Crippen molar-refractivity contribution in [3.8, 4) is 0 Å². The first kappa shape index (κ1) is 18.9. The summed E-state index contributed by atoms with van der Waals surface area (Å²) in [6, 6.07) is 0. The lowest BCUT2D eigenvalue weighted by atomic mass is 10.1. The highest BCUT2D eigenvalue weighted by molar-refractivity contribution is 5.48. The molecule has 0 N–H and O–H groups in total. The van der Waals surface area contributed by atoms with Crippen LogP contribution in [0.2, 0.25) is 0 Å². The SMILES string of the molecule is CCCCCCCCCC=O.COC(C)OC. The second kappa shape index (κ2) is 18.0. The number of hydrogen-bond acceptors (Lipinski definition) is 3. The zero-order valence-electron chi connectivity index (χ0n) is 12.0. The average Bonchev–Trinajstić information content (AvgIpc) is 2.37. The van der Waals surface area contributed by atoms with E-state index < -0.39 is 0 Å². The van der Waals surface area contributed by atoms with Crippen molar-refractivity contribution in [3.63, 3.8) is 0 Å². The molecule has 3 nitrogen and oxygen atoms in total. The molecule has 17 heavy (non-hydrogen) atoms. The standard InChI is InChI=1S/C10H20O.C4H10O2/c1-2-3-4-5-6-7-8-9-10-11;1-4(5-2)6-3/h10H,2-9H2,1H3;4H,1-3H3. The Hall–Kier alpha value is -0.410. The van der Waals surface area contributed by atoms with Crippen molar-refractivity contribution >= 4 is 6.29 Å². The minimum atomic E-state index is -0.0648. The molecule has 104 valence electrons. The molecule has 0 amide bonds. The topological polar surface area (TPSA) is 35.5 Å². The molecule has 0 aromatic carbocycles. The molecule has 0 spiro atoms. The average molecular weight is 246 g/mol. The number of hydrogen-bond donors (Lipinski definition) is 0. The van der Waals surface area contributed by atoms with Crippen molar-refractivity contribution in [1.82, 2.24) is 0 Å². The van der Waals surface area contributed by atoms with Crippen molar-refractivity contribution in [2.45, 2.75) is 71.5 Å². The summed E-state index contributed by atoms with van der Waals surface area (Å²) in [5, 5.41) is 0. The molecule has 3 heteroatoms. The molecule has 0 aliphatic heterocycles. The minimum absolute atomic E-state index is 0.0648. The lowest BCUT2D eigenvalue weighted by Gasteiger charge is -2.03. The fraction of sp³-hybridized carbons (Fsp3) is 0.929. The second-order valence-corrected chi connectivity index (χ2v) is 4.12. The largest absolute Gasteiger partial charge is 0.356 e. The van der Waals surface area contributed by atoms with Gasteiger partial charge in [0.25, 0.3) is 0 Å². The monoisotopic (exact) mass is 246 g/mol. The fourth-order valence-corrected chi connectivity index (χ4v) is 1.28. The summed E-state index contributed by atoms with van der Waals surface area (Å²) in [6.45, 7) is 4.06. The van der Waals surface area contributed by atoms with Crippen LogP contribution in [0.5, 0.6) is 0 Å². The number of rotatable bonds is 10. The molecule has 0 atom stereocenters. The van der Waals surface area contributed by atoms with Crippen LogP contribution in [0, 0.1) is 0 Å². The summed E-state index contributed by atoms with van der Waals surface area (Å²) >= 11 is 0. The van der Waals surface area contributed by atoms with Crippen LogP contribution in [0.1, 0.15) is 65.2 Å². The molecular formula is C14H30O3. The van der Waals surface area contributed by atoms with Gasteiger partial charge in [-0.05, 0) is 13.3 Å². The maximum absolute atomic E-state index is 9.94. The number of carbonyl (C=O) groups excluding carboxylic acids is 1. The summed E-state index contributed by atoms with van der Waals surface area (Å²) in [5.74, 6) is 0. The Balaban J connectivity index is 0. The molecule has 0 unspecified atom stereocenters. The van der Waals surface area contributed by atoms with E-state index in [1.165, 1.54) is 38.5 Å². The highest BCUT2D eigenvalue weighted by Crippen LogP contribution is 2.07. The van der Waals surface area contributed by atoms with Crippen LogP contribution in [0.4, 0.5) is 0 Å². The number of unbranched alkanes of at least 4 members (excludes halogenated alkanes) is 7. The van der Waals surface area contributed by atoms with Gasteiger partial charge >= 0.3 is 0 Å². The van der Waals surface area contributed by atoms with E-state index in [4.69, 9.17) is 0 Å². The molecule has 0 fully saturated rings. The Morgan fingerprint density at radius 3 is 1.76 bits per heavy atom. The first-order chi connectivity index (χ1) is 8.22. The molecule has 0 radical (unpaired) electrons. The van der Waals surface area contributed by atoms with Gasteiger partial charge < -0.3 is 14.3 Å². The molecular weight excluding hydrogens is 216 g/mol. The third-order valence-corrected chi connectivity index (χ3v) is 2.59. The number of aldehydes is 1. The van der Waals surface area contributed by atoms with E-state index in [0.29, 0.717) is 0 Å². The van der Waals surface area contributed by atoms with Crippen LogP contribution in [0.15, 0.2) is 0 Å². The predicted octanol–water partition coefficient (Wildman–Crippen LogP) is 3.95. The molecule has 0 aromatic heterocycles. The van der Waals surface area contributed by atoms with Gasteiger partial charge in [0, 0.05) is 20.6 Å². The summed E-state index contributed by atoms with van der Waals surface area (Å²) in [5.41, 5.74) is 0. The van der Waals surface area contributed by atoms with E-state index in [9.17, 15) is 4.79 Å². The van der Waals surface area contributed by atoms with E-state index >= 15 is 0 Å². The number of ether oxygens (including phenoxy) is 2. The molecule has 0 saturated heterocycles. The van der Waals surface area contributed by atoms with Crippen molar-refractivity contribution < 1.29 is 14.3 Å². The predicted molar refractivity (Wildman–Crippen MR) is 72.2 cm³/mol. The lowest BCUT2D eigenvalue weighted by Crippen LogP contribution is -2.05. The van der Waals surface area contributed by atoms with E-state index in [-0.39, 0.29) is 6.29 Å². The van der Waals surface area contributed by atoms with E-state index in [2.05, 4.69) is 16.4 Å². The third-order valence-electron chi connectivity index (χ3n) is 2.59. The minimum Gasteiger partial charge on any atom is -0.356 e. The maximum atomic E-state index is 9.94. The maximum Gasteiger partial charge on any atom is 0.154 e. The third kappa shape index (κ3) is 21.4. The summed E-state index contributed by atoms with van der Waals surface area (Å²) < 4.78 is 9.35. The Morgan fingerprint density at radius 1 is 0.941 bits per heavy atom. The van der Waals surface area contributed by atoms with E-state index in [1.54, 1.807) is 14.2 Å². The highest BCUT2D eigenvalue weighted by Gasteiger charge is 1.89. The van der Waals surface area contributed by atoms with Gasteiger partial charge in [0.15, 0.2) is 6.29 Å². The van der Waals surface area contributed by atoms with Crippen LogP contribution in [-0.2, 0) is 14.3 Å². The highest BCUT2D eigenvalue weighted by atomic mass is 16.7. The van der Waals surface area contributed by atoms with Gasteiger partial charge in [0.1, 0.15) is 6.29 Å². The van der Waals surface area contributed by atoms with Gasteiger partial charge in [0.05, 0.1) is 0 Å². The van der Waals surface area contributed by atoms with Gasteiger partial charge in [-0.25, -0.2) is 0 Å². The Bertz CT molecular complexity index is 133. The molecule has 0 aliphatic rings. The van der Waals surface area contributed by atoms with Gasteiger partial charge in [0.2, 0.25) is 0 Å². The normalized spacial score (nSPS) is 9.94. The quantitative estimate of drug-likeness (QED) is 0.332. The van der Waals surface area contributed by atoms with Crippen molar-refractivity contribution in [2.75, 3.05) is 14.2 Å². The van der Waals surface area contributed by atoms with Crippen LogP contribution in [0.3, 0.4) is 0 Å². The number of methoxy groups -OCH3 is 2. The summed E-state index contributed by atoms with van der Waals surface area (Å²) in [6.07, 6.45) is 10.8. The van der Waals surface area contributed by atoms with Crippen LogP contribution in [-0.4, -0.2) is 26.8 Å². The second-order valence-electron chi connectivity index (χ2n) is 4.12. The van der Waals surface area contributed by atoms with Crippen molar-refractivity contribution in [1.29, 1.82) is 0 Å². The zero-order chi connectivity index (χ0) is 13.4. The van der Waals surface area contributed by atoms with Crippen molar-refractivity contribution in [2.24, 2.45) is 0 Å². The molecule has 0 aromatic rings. The summed E-state index contributed by atoms with van der Waals surface area (Å²) in [4.78, 5) is 9.94. The first-order valence-electron chi connectivity index (χ1n) is 6.72. The molecule has 0 rings (SSSR count). The van der Waals surface area contributed by atoms with Crippen LogP contribution < -0.4 is 0 Å². The van der Waals surface area contributed by atoms with Gasteiger partial charge in [-0.15, -0.1) is 0 Å². The smallest absolute Gasteiger partial charge is 0.154 e.